The lowest BCUT2D eigenvalue weighted by atomic mass is 9.97. The fraction of sp³-hybridized carbons (Fsp3) is 0.533. The van der Waals surface area contributed by atoms with Crippen molar-refractivity contribution in [3.63, 3.8) is 0 Å². The van der Waals surface area contributed by atoms with E-state index in [9.17, 15) is 9.18 Å². The van der Waals surface area contributed by atoms with Gasteiger partial charge in [0.05, 0.1) is 12.1 Å². The second-order valence-electron chi connectivity index (χ2n) is 5.16. The molecule has 112 valence electrons. The molecule has 0 saturated heterocycles. The molecule has 0 fully saturated rings. The normalized spacial score (nSPS) is 13.8. The SMILES string of the molecule is CCCNC(C)(CCOc1cc(C)ccc1F)C(N)=O. The van der Waals surface area contributed by atoms with Gasteiger partial charge in [0.25, 0.3) is 0 Å². The van der Waals surface area contributed by atoms with Gasteiger partial charge in [0.1, 0.15) is 0 Å². The third-order valence-corrected chi connectivity index (χ3v) is 3.26. The number of amides is 1. The van der Waals surface area contributed by atoms with Gasteiger partial charge < -0.3 is 15.8 Å². The zero-order chi connectivity index (χ0) is 15.2. The van der Waals surface area contributed by atoms with Gasteiger partial charge in [0.15, 0.2) is 11.6 Å². The molecule has 1 unspecified atom stereocenters. The third-order valence-electron chi connectivity index (χ3n) is 3.26. The lowest BCUT2D eigenvalue weighted by molar-refractivity contribution is -0.124. The van der Waals surface area contributed by atoms with Crippen molar-refractivity contribution in [2.75, 3.05) is 13.2 Å². The van der Waals surface area contributed by atoms with E-state index in [-0.39, 0.29) is 12.4 Å². The molecule has 1 aromatic rings. The molecule has 3 N–H and O–H groups in total. The van der Waals surface area contributed by atoms with Crippen LogP contribution >= 0.6 is 0 Å². The van der Waals surface area contributed by atoms with Crippen molar-refractivity contribution in [2.45, 2.75) is 39.2 Å². The highest BCUT2D eigenvalue weighted by atomic mass is 19.1. The van der Waals surface area contributed by atoms with Gasteiger partial charge >= 0.3 is 0 Å². The maximum atomic E-state index is 13.5. The van der Waals surface area contributed by atoms with Gasteiger partial charge in [-0.15, -0.1) is 0 Å². The smallest absolute Gasteiger partial charge is 0.237 e. The molecule has 0 aliphatic rings. The van der Waals surface area contributed by atoms with Crippen LogP contribution in [0.25, 0.3) is 0 Å². The van der Waals surface area contributed by atoms with Gasteiger partial charge in [-0.25, -0.2) is 4.39 Å². The first-order valence-electron chi connectivity index (χ1n) is 6.83. The second kappa shape index (κ2) is 7.24. The first-order chi connectivity index (χ1) is 9.39. The van der Waals surface area contributed by atoms with Gasteiger partial charge in [0, 0.05) is 6.42 Å². The van der Waals surface area contributed by atoms with Crippen LogP contribution in [0.5, 0.6) is 5.75 Å². The molecule has 1 atom stereocenters. The molecular formula is C15H23FN2O2. The van der Waals surface area contributed by atoms with Gasteiger partial charge in [0.2, 0.25) is 5.91 Å². The molecule has 4 nitrogen and oxygen atoms in total. The van der Waals surface area contributed by atoms with Crippen LogP contribution in [0.1, 0.15) is 32.3 Å². The Kier molecular flexibility index (Phi) is 5.95. The molecule has 20 heavy (non-hydrogen) atoms. The number of rotatable bonds is 8. The molecule has 0 heterocycles. The average molecular weight is 282 g/mol. The summed E-state index contributed by atoms with van der Waals surface area (Å²) in [7, 11) is 0. The molecule has 5 heteroatoms. The van der Waals surface area contributed by atoms with E-state index in [1.54, 1.807) is 19.1 Å². The minimum atomic E-state index is -0.837. The van der Waals surface area contributed by atoms with Crippen molar-refractivity contribution in [3.8, 4) is 5.75 Å². The number of primary amides is 1. The van der Waals surface area contributed by atoms with Gasteiger partial charge in [-0.1, -0.05) is 13.0 Å². The topological polar surface area (TPSA) is 64.3 Å². The van der Waals surface area contributed by atoms with Crippen molar-refractivity contribution in [2.24, 2.45) is 5.73 Å². The van der Waals surface area contributed by atoms with Crippen LogP contribution in [0.2, 0.25) is 0 Å². The van der Waals surface area contributed by atoms with Crippen LogP contribution in [0.3, 0.4) is 0 Å². The summed E-state index contributed by atoms with van der Waals surface area (Å²) < 4.78 is 18.9. The van der Waals surface area contributed by atoms with E-state index in [0.717, 1.165) is 12.0 Å². The summed E-state index contributed by atoms with van der Waals surface area (Å²) in [6.07, 6.45) is 1.28. The first kappa shape index (κ1) is 16.4. The summed E-state index contributed by atoms with van der Waals surface area (Å²) in [6.45, 7) is 6.52. The largest absolute Gasteiger partial charge is 0.490 e. The molecule has 0 bridgehead atoms. The van der Waals surface area contributed by atoms with Crippen LogP contribution in [0.4, 0.5) is 4.39 Å². The van der Waals surface area contributed by atoms with Crippen LogP contribution in [-0.2, 0) is 4.79 Å². The number of carbonyl (C=O) groups excluding carboxylic acids is 1. The average Bonchev–Trinajstić information content (AvgIpc) is 2.40. The molecule has 0 aliphatic heterocycles. The Morgan fingerprint density at radius 2 is 2.20 bits per heavy atom. The highest BCUT2D eigenvalue weighted by Crippen LogP contribution is 2.19. The Morgan fingerprint density at radius 3 is 2.80 bits per heavy atom. The number of aryl methyl sites for hydroxylation is 1. The summed E-state index contributed by atoms with van der Waals surface area (Å²) >= 11 is 0. The van der Waals surface area contributed by atoms with Crippen molar-refractivity contribution in [3.05, 3.63) is 29.6 Å². The molecule has 1 aromatic carbocycles. The summed E-state index contributed by atoms with van der Waals surface area (Å²) in [5.74, 6) is -0.635. The number of carbonyl (C=O) groups is 1. The second-order valence-corrected chi connectivity index (χ2v) is 5.16. The minimum Gasteiger partial charge on any atom is -0.490 e. The van der Waals surface area contributed by atoms with Gasteiger partial charge in [-0.05, 0) is 44.5 Å². The lowest BCUT2D eigenvalue weighted by Gasteiger charge is -2.27. The van der Waals surface area contributed by atoms with E-state index >= 15 is 0 Å². The molecule has 0 spiro atoms. The summed E-state index contributed by atoms with van der Waals surface area (Å²) in [6, 6.07) is 4.68. The van der Waals surface area contributed by atoms with Crippen LogP contribution in [0, 0.1) is 12.7 Å². The number of halogens is 1. The van der Waals surface area contributed by atoms with Crippen molar-refractivity contribution < 1.29 is 13.9 Å². The van der Waals surface area contributed by atoms with E-state index in [4.69, 9.17) is 10.5 Å². The fourth-order valence-electron chi connectivity index (χ4n) is 1.79. The Labute approximate surface area is 119 Å². The van der Waals surface area contributed by atoms with Crippen LogP contribution in [-0.4, -0.2) is 24.6 Å². The molecule has 0 radical (unpaired) electrons. The molecule has 0 aromatic heterocycles. The van der Waals surface area contributed by atoms with E-state index < -0.39 is 17.3 Å². The van der Waals surface area contributed by atoms with Crippen molar-refractivity contribution in [1.82, 2.24) is 5.32 Å². The fourth-order valence-corrected chi connectivity index (χ4v) is 1.79. The number of nitrogens with two attached hydrogens (primary N) is 1. The maximum absolute atomic E-state index is 13.5. The summed E-state index contributed by atoms with van der Waals surface area (Å²) in [4.78, 5) is 11.5. The Bertz CT molecular complexity index is 465. The van der Waals surface area contributed by atoms with Crippen molar-refractivity contribution in [1.29, 1.82) is 0 Å². The standard InChI is InChI=1S/C15H23FN2O2/c1-4-8-18-15(3,14(17)19)7-9-20-13-10-11(2)5-6-12(13)16/h5-6,10,18H,4,7-9H2,1-3H3,(H2,17,19). The number of nitrogens with one attached hydrogen (secondary N) is 1. The Balaban J connectivity index is 2.60. The van der Waals surface area contributed by atoms with Gasteiger partial charge in [-0.2, -0.15) is 0 Å². The summed E-state index contributed by atoms with van der Waals surface area (Å²) in [5.41, 5.74) is 5.50. The predicted octanol–water partition coefficient (Wildman–Crippen LogP) is 2.15. The Hall–Kier alpha value is -1.62. The first-order valence-corrected chi connectivity index (χ1v) is 6.83. The highest BCUT2D eigenvalue weighted by Gasteiger charge is 2.30. The third kappa shape index (κ3) is 4.49. The molecule has 0 saturated carbocycles. The van der Waals surface area contributed by atoms with E-state index in [1.807, 2.05) is 13.8 Å². The van der Waals surface area contributed by atoms with Crippen molar-refractivity contribution >= 4 is 5.91 Å². The molecule has 0 aliphatic carbocycles. The zero-order valence-electron chi connectivity index (χ0n) is 12.3. The molecule has 1 amide bonds. The maximum Gasteiger partial charge on any atom is 0.237 e. The lowest BCUT2D eigenvalue weighted by Crippen LogP contribution is -2.54. The Morgan fingerprint density at radius 1 is 1.50 bits per heavy atom. The van der Waals surface area contributed by atoms with E-state index in [2.05, 4.69) is 5.32 Å². The number of ether oxygens (including phenoxy) is 1. The summed E-state index contributed by atoms with van der Waals surface area (Å²) in [5, 5.41) is 3.11. The highest BCUT2D eigenvalue weighted by molar-refractivity contribution is 5.84. The number of hydrogen-bond acceptors (Lipinski definition) is 3. The number of hydrogen-bond donors (Lipinski definition) is 2. The minimum absolute atomic E-state index is 0.201. The number of benzene rings is 1. The molecular weight excluding hydrogens is 259 g/mol. The van der Waals surface area contributed by atoms with Gasteiger partial charge in [-0.3, -0.25) is 4.79 Å². The van der Waals surface area contributed by atoms with E-state index in [1.165, 1.54) is 6.07 Å². The predicted molar refractivity (Wildman–Crippen MR) is 77.1 cm³/mol. The molecule has 1 rings (SSSR count). The monoisotopic (exact) mass is 282 g/mol. The quantitative estimate of drug-likeness (QED) is 0.768. The van der Waals surface area contributed by atoms with Crippen LogP contribution in [0.15, 0.2) is 18.2 Å². The van der Waals surface area contributed by atoms with E-state index in [0.29, 0.717) is 13.0 Å². The van der Waals surface area contributed by atoms with Crippen LogP contribution < -0.4 is 15.8 Å². The zero-order valence-corrected chi connectivity index (χ0v) is 12.3.